The first-order valence-electron chi connectivity index (χ1n) is 12.6. The molecule has 0 saturated carbocycles. The second-order valence-electron chi connectivity index (χ2n) is 9.71. The molecule has 6 nitrogen and oxygen atoms in total. The van der Waals surface area contributed by atoms with Crippen LogP contribution in [0.2, 0.25) is 0 Å². The number of thiophene rings is 1. The van der Waals surface area contributed by atoms with Crippen molar-refractivity contribution in [3.8, 4) is 5.75 Å². The van der Waals surface area contributed by atoms with E-state index in [-0.39, 0.29) is 30.5 Å². The van der Waals surface area contributed by atoms with Gasteiger partial charge in [0, 0.05) is 37.1 Å². The molecule has 3 aromatic rings. The van der Waals surface area contributed by atoms with Crippen molar-refractivity contribution in [3.63, 3.8) is 0 Å². The van der Waals surface area contributed by atoms with Crippen LogP contribution in [0.25, 0.3) is 0 Å². The number of rotatable bonds is 6. The van der Waals surface area contributed by atoms with Gasteiger partial charge in [-0.3, -0.25) is 14.5 Å². The smallest absolute Gasteiger partial charge is 0.260 e. The lowest BCUT2D eigenvalue weighted by Crippen LogP contribution is -2.57. The standard InChI is InChI=1S/C29H33N3O3S/c1-21-8-10-23(11-9-21)29-25-13-17-36-26(25)12-14-31(29)19-27(33)30-15-16-32(22(2)18-30)28(34)20-35-24-6-4-3-5-7-24/h3-11,13,17,22,29H,12,14-16,18-20H2,1-2H3. The Bertz CT molecular complexity index is 1190. The van der Waals surface area contributed by atoms with E-state index in [0.29, 0.717) is 31.9 Å². The van der Waals surface area contributed by atoms with Gasteiger partial charge in [0.25, 0.3) is 5.91 Å². The van der Waals surface area contributed by atoms with Crippen LogP contribution in [0.3, 0.4) is 0 Å². The summed E-state index contributed by atoms with van der Waals surface area (Å²) in [6, 6.07) is 20.3. The fourth-order valence-corrected chi connectivity index (χ4v) is 6.15. The molecule has 2 aliphatic heterocycles. The van der Waals surface area contributed by atoms with E-state index >= 15 is 0 Å². The van der Waals surface area contributed by atoms with Gasteiger partial charge in [0.2, 0.25) is 5.91 Å². The van der Waals surface area contributed by atoms with Gasteiger partial charge in [-0.1, -0.05) is 48.0 Å². The number of hydrogen-bond donors (Lipinski definition) is 0. The molecule has 1 aromatic heterocycles. The SMILES string of the molecule is Cc1ccc(C2c3ccsc3CCN2CC(=O)N2CCN(C(=O)COc3ccccc3)C(C)C2)cc1. The fourth-order valence-electron chi connectivity index (χ4n) is 5.25. The summed E-state index contributed by atoms with van der Waals surface area (Å²) in [5.41, 5.74) is 3.79. The third kappa shape index (κ3) is 5.32. The average Bonchev–Trinajstić information content (AvgIpc) is 3.37. The van der Waals surface area contributed by atoms with Gasteiger partial charge in [-0.25, -0.2) is 0 Å². The minimum atomic E-state index is -0.0488. The predicted molar refractivity (Wildman–Crippen MR) is 142 cm³/mol. The zero-order valence-electron chi connectivity index (χ0n) is 20.9. The molecule has 1 fully saturated rings. The Morgan fingerprint density at radius 1 is 0.972 bits per heavy atom. The number of fused-ring (bicyclic) bond motifs is 1. The summed E-state index contributed by atoms with van der Waals surface area (Å²) in [7, 11) is 0. The van der Waals surface area contributed by atoms with E-state index in [2.05, 4.69) is 47.5 Å². The Morgan fingerprint density at radius 2 is 1.75 bits per heavy atom. The highest BCUT2D eigenvalue weighted by molar-refractivity contribution is 7.10. The number of ether oxygens (including phenoxy) is 1. The van der Waals surface area contributed by atoms with Crippen LogP contribution in [0, 0.1) is 6.92 Å². The Kier molecular flexibility index (Phi) is 7.39. The summed E-state index contributed by atoms with van der Waals surface area (Å²) in [5.74, 6) is 0.773. The number of nitrogens with zero attached hydrogens (tertiary/aromatic N) is 3. The molecule has 2 aromatic carbocycles. The summed E-state index contributed by atoms with van der Waals surface area (Å²) in [4.78, 5) is 33.7. The van der Waals surface area contributed by atoms with Gasteiger partial charge in [0.15, 0.2) is 6.61 Å². The molecule has 0 radical (unpaired) electrons. The number of benzene rings is 2. The predicted octanol–water partition coefficient (Wildman–Crippen LogP) is 4.14. The van der Waals surface area contributed by atoms with E-state index in [1.54, 1.807) is 0 Å². The molecule has 2 unspecified atom stereocenters. The molecule has 1 saturated heterocycles. The molecule has 0 spiro atoms. The second kappa shape index (κ2) is 10.8. The van der Waals surface area contributed by atoms with E-state index < -0.39 is 0 Å². The molecule has 2 amide bonds. The van der Waals surface area contributed by atoms with E-state index in [1.807, 2.05) is 58.4 Å². The van der Waals surface area contributed by atoms with Crippen molar-refractivity contribution in [1.29, 1.82) is 0 Å². The van der Waals surface area contributed by atoms with Gasteiger partial charge in [0.05, 0.1) is 12.6 Å². The molecule has 5 rings (SSSR count). The van der Waals surface area contributed by atoms with E-state index in [1.165, 1.54) is 21.6 Å². The van der Waals surface area contributed by atoms with Crippen LogP contribution in [0.5, 0.6) is 5.75 Å². The number of carbonyl (C=O) groups is 2. The molecular formula is C29H33N3O3S. The van der Waals surface area contributed by atoms with Crippen molar-refractivity contribution in [1.82, 2.24) is 14.7 Å². The molecule has 2 aliphatic rings. The Labute approximate surface area is 217 Å². The van der Waals surface area contributed by atoms with Gasteiger partial charge in [0.1, 0.15) is 5.75 Å². The number of hydrogen-bond acceptors (Lipinski definition) is 5. The first-order chi connectivity index (χ1) is 17.5. The van der Waals surface area contributed by atoms with Crippen LogP contribution in [-0.2, 0) is 16.0 Å². The van der Waals surface area contributed by atoms with Crippen LogP contribution in [0.15, 0.2) is 66.0 Å². The summed E-state index contributed by atoms with van der Waals surface area (Å²) in [6.07, 6.45) is 0.975. The molecule has 0 aliphatic carbocycles. The van der Waals surface area contributed by atoms with Crippen molar-refractivity contribution < 1.29 is 14.3 Å². The highest BCUT2D eigenvalue weighted by Crippen LogP contribution is 2.37. The molecule has 7 heteroatoms. The van der Waals surface area contributed by atoms with Crippen LogP contribution >= 0.6 is 11.3 Å². The molecule has 0 bridgehead atoms. The summed E-state index contributed by atoms with van der Waals surface area (Å²) in [5, 5.41) is 2.16. The summed E-state index contributed by atoms with van der Waals surface area (Å²) >= 11 is 1.81. The summed E-state index contributed by atoms with van der Waals surface area (Å²) in [6.45, 7) is 6.98. The van der Waals surface area contributed by atoms with Crippen molar-refractivity contribution in [2.75, 3.05) is 39.3 Å². The fraction of sp³-hybridized carbons (Fsp3) is 0.379. The molecule has 0 N–H and O–H groups in total. The van der Waals surface area contributed by atoms with Crippen molar-refractivity contribution >= 4 is 23.2 Å². The maximum Gasteiger partial charge on any atom is 0.260 e. The number of amides is 2. The first kappa shape index (κ1) is 24.5. The lowest BCUT2D eigenvalue weighted by atomic mass is 9.92. The Morgan fingerprint density at radius 3 is 2.50 bits per heavy atom. The quantitative estimate of drug-likeness (QED) is 0.507. The third-order valence-corrected chi connectivity index (χ3v) is 8.20. The molecule has 2 atom stereocenters. The average molecular weight is 504 g/mol. The monoisotopic (exact) mass is 503 g/mol. The zero-order valence-corrected chi connectivity index (χ0v) is 21.7. The van der Waals surface area contributed by atoms with E-state index in [9.17, 15) is 9.59 Å². The maximum atomic E-state index is 13.4. The molecule has 188 valence electrons. The number of para-hydroxylation sites is 1. The topological polar surface area (TPSA) is 53.1 Å². The molecule has 3 heterocycles. The Balaban J connectivity index is 1.21. The van der Waals surface area contributed by atoms with Crippen molar-refractivity contribution in [2.24, 2.45) is 0 Å². The van der Waals surface area contributed by atoms with Gasteiger partial charge < -0.3 is 14.5 Å². The van der Waals surface area contributed by atoms with Crippen LogP contribution in [0.1, 0.15) is 34.5 Å². The number of carbonyl (C=O) groups excluding carboxylic acids is 2. The van der Waals surface area contributed by atoms with Crippen LogP contribution in [0.4, 0.5) is 0 Å². The maximum absolute atomic E-state index is 13.4. The van der Waals surface area contributed by atoms with E-state index in [4.69, 9.17) is 4.74 Å². The number of aryl methyl sites for hydroxylation is 1. The lowest BCUT2D eigenvalue weighted by molar-refractivity contribution is -0.144. The zero-order chi connectivity index (χ0) is 25.1. The Hall–Kier alpha value is -3.16. The lowest BCUT2D eigenvalue weighted by Gasteiger charge is -2.42. The highest BCUT2D eigenvalue weighted by Gasteiger charge is 2.34. The number of piperazine rings is 1. The minimum absolute atomic E-state index is 0.0112. The normalized spacial score (nSPS) is 20.2. The molecular weight excluding hydrogens is 470 g/mol. The van der Waals surface area contributed by atoms with Gasteiger partial charge in [-0.05, 0) is 55.0 Å². The van der Waals surface area contributed by atoms with Crippen molar-refractivity contribution in [3.05, 3.63) is 87.6 Å². The van der Waals surface area contributed by atoms with Crippen LogP contribution in [-0.4, -0.2) is 71.9 Å². The first-order valence-corrected chi connectivity index (χ1v) is 13.5. The van der Waals surface area contributed by atoms with Gasteiger partial charge >= 0.3 is 0 Å². The van der Waals surface area contributed by atoms with Crippen LogP contribution < -0.4 is 4.74 Å². The minimum Gasteiger partial charge on any atom is -0.484 e. The van der Waals surface area contributed by atoms with Crippen molar-refractivity contribution in [2.45, 2.75) is 32.4 Å². The van der Waals surface area contributed by atoms with E-state index in [0.717, 1.165) is 13.0 Å². The highest BCUT2D eigenvalue weighted by atomic mass is 32.1. The third-order valence-electron chi connectivity index (χ3n) is 7.20. The second-order valence-corrected chi connectivity index (χ2v) is 10.7. The summed E-state index contributed by atoms with van der Waals surface area (Å²) < 4.78 is 5.65. The van der Waals surface area contributed by atoms with Gasteiger partial charge in [-0.2, -0.15) is 0 Å². The van der Waals surface area contributed by atoms with Gasteiger partial charge in [-0.15, -0.1) is 11.3 Å². The largest absolute Gasteiger partial charge is 0.484 e. The molecule has 36 heavy (non-hydrogen) atoms.